The molecule has 2 saturated heterocycles. The number of carbonyl (C=O) groups is 3. The standard InChI is InChI=1S/C15H15IN2O3/c1-3-5-9-10(6-4-2)15(21)18(13(9)16)11-7-8-12(19)17-14(11)20/h3-6,11,13H,1-2,7-8H2,(H,17,19,20)/b9-5+,10-6+. The number of alkyl halides is 1. The first-order valence-electron chi connectivity index (χ1n) is 6.47. The number of hydrogen-bond donors (Lipinski definition) is 1. The van der Waals surface area contributed by atoms with Crippen molar-refractivity contribution in [2.24, 2.45) is 0 Å². The van der Waals surface area contributed by atoms with Crippen LogP contribution in [0.5, 0.6) is 0 Å². The van der Waals surface area contributed by atoms with Gasteiger partial charge in [0.1, 0.15) is 10.1 Å². The molecule has 2 unspecified atom stereocenters. The maximum absolute atomic E-state index is 12.6. The Morgan fingerprint density at radius 1 is 1.19 bits per heavy atom. The highest BCUT2D eigenvalue weighted by Crippen LogP contribution is 2.37. The number of hydrogen-bond acceptors (Lipinski definition) is 3. The number of amides is 3. The normalized spacial score (nSPS) is 30.0. The average molecular weight is 398 g/mol. The van der Waals surface area contributed by atoms with Crippen molar-refractivity contribution in [1.29, 1.82) is 0 Å². The molecule has 21 heavy (non-hydrogen) atoms. The minimum Gasteiger partial charge on any atom is -0.311 e. The lowest BCUT2D eigenvalue weighted by atomic mass is 10.0. The Balaban J connectivity index is 2.39. The van der Waals surface area contributed by atoms with Gasteiger partial charge in [-0.25, -0.2) is 0 Å². The van der Waals surface area contributed by atoms with E-state index in [0.717, 1.165) is 5.57 Å². The summed E-state index contributed by atoms with van der Waals surface area (Å²) in [6.07, 6.45) is 7.13. The Bertz CT molecular complexity index is 592. The molecule has 0 radical (unpaired) electrons. The maximum atomic E-state index is 12.6. The largest absolute Gasteiger partial charge is 0.311 e. The first kappa shape index (κ1) is 15.7. The van der Waals surface area contributed by atoms with Gasteiger partial charge in [-0.1, -0.05) is 54.0 Å². The minimum atomic E-state index is -0.624. The molecule has 0 aromatic rings. The van der Waals surface area contributed by atoms with Crippen molar-refractivity contribution in [2.75, 3.05) is 0 Å². The van der Waals surface area contributed by atoms with E-state index in [2.05, 4.69) is 41.1 Å². The molecule has 0 spiro atoms. The smallest absolute Gasteiger partial charge is 0.256 e. The van der Waals surface area contributed by atoms with Gasteiger partial charge in [0.2, 0.25) is 11.8 Å². The zero-order valence-corrected chi connectivity index (χ0v) is 13.5. The summed E-state index contributed by atoms with van der Waals surface area (Å²) in [5.41, 5.74) is 1.30. The van der Waals surface area contributed by atoms with Crippen LogP contribution in [0.15, 0.2) is 48.6 Å². The number of halogens is 1. The highest BCUT2D eigenvalue weighted by atomic mass is 127. The summed E-state index contributed by atoms with van der Waals surface area (Å²) < 4.78 is -0.275. The first-order chi connectivity index (χ1) is 10.0. The van der Waals surface area contributed by atoms with Gasteiger partial charge in [-0.3, -0.25) is 19.7 Å². The monoisotopic (exact) mass is 398 g/mol. The van der Waals surface area contributed by atoms with Crippen LogP contribution in [-0.2, 0) is 14.4 Å². The maximum Gasteiger partial charge on any atom is 0.256 e. The highest BCUT2D eigenvalue weighted by molar-refractivity contribution is 14.1. The molecule has 0 bridgehead atoms. The Hall–Kier alpha value is -1.70. The van der Waals surface area contributed by atoms with Crippen molar-refractivity contribution >= 4 is 40.3 Å². The number of rotatable bonds is 3. The van der Waals surface area contributed by atoms with Crippen LogP contribution in [0.2, 0.25) is 0 Å². The minimum absolute atomic E-state index is 0.225. The van der Waals surface area contributed by atoms with E-state index in [4.69, 9.17) is 0 Å². The van der Waals surface area contributed by atoms with Gasteiger partial charge in [-0.05, 0) is 18.1 Å². The highest BCUT2D eigenvalue weighted by Gasteiger charge is 2.45. The molecular weight excluding hydrogens is 383 g/mol. The van der Waals surface area contributed by atoms with Gasteiger partial charge in [0, 0.05) is 12.0 Å². The number of imide groups is 1. The van der Waals surface area contributed by atoms with Crippen LogP contribution in [0.1, 0.15) is 12.8 Å². The van der Waals surface area contributed by atoms with E-state index >= 15 is 0 Å². The van der Waals surface area contributed by atoms with Crippen molar-refractivity contribution in [3.05, 3.63) is 48.6 Å². The van der Waals surface area contributed by atoms with Crippen LogP contribution in [0.25, 0.3) is 0 Å². The molecule has 2 fully saturated rings. The number of allylic oxidation sites excluding steroid dienone is 4. The molecule has 3 amide bonds. The van der Waals surface area contributed by atoms with Gasteiger partial charge in [0.25, 0.3) is 5.91 Å². The Labute approximate surface area is 136 Å². The molecule has 2 aliphatic heterocycles. The lowest BCUT2D eigenvalue weighted by Crippen LogP contribution is -2.54. The zero-order valence-electron chi connectivity index (χ0n) is 11.3. The van der Waals surface area contributed by atoms with Gasteiger partial charge >= 0.3 is 0 Å². The molecule has 2 aliphatic rings. The number of carbonyl (C=O) groups excluding carboxylic acids is 3. The lowest BCUT2D eigenvalue weighted by molar-refractivity contribution is -0.142. The fourth-order valence-corrected chi connectivity index (χ4v) is 3.66. The quantitative estimate of drug-likeness (QED) is 0.258. The van der Waals surface area contributed by atoms with E-state index in [9.17, 15) is 14.4 Å². The van der Waals surface area contributed by atoms with Crippen molar-refractivity contribution < 1.29 is 14.4 Å². The Kier molecular flexibility index (Phi) is 4.76. The summed E-state index contributed by atoms with van der Waals surface area (Å²) in [5, 5.41) is 2.29. The van der Waals surface area contributed by atoms with E-state index in [-0.39, 0.29) is 22.3 Å². The number of piperidine rings is 1. The third-order valence-electron chi connectivity index (χ3n) is 3.40. The van der Waals surface area contributed by atoms with E-state index < -0.39 is 11.9 Å². The van der Waals surface area contributed by atoms with Crippen molar-refractivity contribution in [2.45, 2.75) is 22.9 Å². The van der Waals surface area contributed by atoms with Crippen molar-refractivity contribution in [3.63, 3.8) is 0 Å². The molecule has 110 valence electrons. The Morgan fingerprint density at radius 3 is 2.43 bits per heavy atom. The van der Waals surface area contributed by atoms with Gasteiger partial charge in [-0.15, -0.1) is 0 Å². The summed E-state index contributed by atoms with van der Waals surface area (Å²) in [7, 11) is 0. The van der Waals surface area contributed by atoms with Crippen LogP contribution in [0.3, 0.4) is 0 Å². The summed E-state index contributed by atoms with van der Waals surface area (Å²) >= 11 is 2.12. The van der Waals surface area contributed by atoms with Crippen LogP contribution < -0.4 is 5.32 Å². The molecule has 0 aliphatic carbocycles. The molecular formula is C15H15IN2O3. The molecule has 0 saturated carbocycles. The van der Waals surface area contributed by atoms with Gasteiger partial charge < -0.3 is 4.90 Å². The molecule has 5 nitrogen and oxygen atoms in total. The second-order valence-corrected chi connectivity index (χ2v) is 5.87. The fourth-order valence-electron chi connectivity index (χ4n) is 2.47. The number of likely N-dealkylation sites (tertiary alicyclic amines) is 1. The van der Waals surface area contributed by atoms with Gasteiger partial charge in [-0.2, -0.15) is 0 Å². The third kappa shape index (κ3) is 2.85. The fraction of sp³-hybridized carbons (Fsp3) is 0.267. The number of nitrogens with zero attached hydrogens (tertiary/aromatic N) is 1. The molecule has 2 rings (SSSR count). The van der Waals surface area contributed by atoms with E-state index in [1.165, 1.54) is 4.90 Å². The van der Waals surface area contributed by atoms with E-state index in [1.54, 1.807) is 24.3 Å². The molecule has 6 heteroatoms. The number of nitrogens with one attached hydrogen (secondary N) is 1. The second kappa shape index (κ2) is 6.38. The molecule has 0 aromatic carbocycles. The predicted octanol–water partition coefficient (Wildman–Crippen LogP) is 1.62. The lowest BCUT2D eigenvalue weighted by Gasteiger charge is -2.31. The topological polar surface area (TPSA) is 66.5 Å². The Morgan fingerprint density at radius 2 is 1.86 bits per heavy atom. The van der Waals surface area contributed by atoms with Crippen molar-refractivity contribution in [3.8, 4) is 0 Å². The van der Waals surface area contributed by atoms with Crippen LogP contribution in [0.4, 0.5) is 0 Å². The van der Waals surface area contributed by atoms with E-state index in [0.29, 0.717) is 12.0 Å². The second-order valence-electron chi connectivity index (χ2n) is 4.69. The van der Waals surface area contributed by atoms with E-state index in [1.807, 2.05) is 0 Å². The first-order valence-corrected chi connectivity index (χ1v) is 7.72. The summed E-state index contributed by atoms with van der Waals surface area (Å²) in [5.74, 6) is -0.937. The summed E-state index contributed by atoms with van der Waals surface area (Å²) in [6.45, 7) is 7.27. The molecule has 1 N–H and O–H groups in total. The summed E-state index contributed by atoms with van der Waals surface area (Å²) in [4.78, 5) is 37.4. The zero-order chi connectivity index (χ0) is 15.6. The average Bonchev–Trinajstić information content (AvgIpc) is 2.65. The SMILES string of the molecule is C=C/C=C1/C(=O)N(C2CCC(=O)NC2=O)C(I)/C1=C/C=C. The van der Waals surface area contributed by atoms with Gasteiger partial charge in [0.05, 0.1) is 0 Å². The van der Waals surface area contributed by atoms with Crippen molar-refractivity contribution in [1.82, 2.24) is 10.2 Å². The molecule has 2 heterocycles. The predicted molar refractivity (Wildman–Crippen MR) is 87.4 cm³/mol. The summed E-state index contributed by atoms with van der Waals surface area (Å²) in [6, 6.07) is -0.624. The van der Waals surface area contributed by atoms with Crippen LogP contribution >= 0.6 is 22.6 Å². The molecule has 2 atom stereocenters. The van der Waals surface area contributed by atoms with Crippen LogP contribution in [0, 0.1) is 0 Å². The third-order valence-corrected chi connectivity index (χ3v) is 4.68. The van der Waals surface area contributed by atoms with Crippen LogP contribution in [-0.4, -0.2) is 32.7 Å². The molecule has 0 aromatic heterocycles. The van der Waals surface area contributed by atoms with Gasteiger partial charge in [0.15, 0.2) is 0 Å².